The van der Waals surface area contributed by atoms with Crippen molar-refractivity contribution in [3.8, 4) is 0 Å². The fraction of sp³-hybridized carbons (Fsp3) is 0.409. The number of para-hydroxylation sites is 1. The van der Waals surface area contributed by atoms with Gasteiger partial charge in [-0.3, -0.25) is 4.79 Å². The summed E-state index contributed by atoms with van der Waals surface area (Å²) in [6.45, 7) is 6.17. The smallest absolute Gasteiger partial charge is 0.328 e. The summed E-state index contributed by atoms with van der Waals surface area (Å²) in [5.41, 5.74) is 8.36. The third-order valence-corrected chi connectivity index (χ3v) is 5.75. The molecule has 0 fully saturated rings. The fourth-order valence-corrected chi connectivity index (χ4v) is 4.17. The summed E-state index contributed by atoms with van der Waals surface area (Å²) in [6, 6.07) is 6.81. The van der Waals surface area contributed by atoms with Crippen LogP contribution >= 0.6 is 11.3 Å². The van der Waals surface area contributed by atoms with Crippen LogP contribution in [0.2, 0.25) is 0 Å². The fourth-order valence-electron chi connectivity index (χ4n) is 3.36. The van der Waals surface area contributed by atoms with Crippen molar-refractivity contribution in [3.63, 3.8) is 0 Å². The highest BCUT2D eigenvalue weighted by molar-refractivity contribution is 7.09. The zero-order chi connectivity index (χ0) is 21.7. The van der Waals surface area contributed by atoms with Gasteiger partial charge in [0.25, 0.3) is 5.91 Å². The van der Waals surface area contributed by atoms with Crippen LogP contribution in [0.3, 0.4) is 0 Å². The van der Waals surface area contributed by atoms with E-state index in [0.717, 1.165) is 27.9 Å². The lowest BCUT2D eigenvalue weighted by Crippen LogP contribution is -2.43. The molecule has 4 N–H and O–H groups in total. The Labute approximate surface area is 180 Å². The van der Waals surface area contributed by atoms with Crippen molar-refractivity contribution in [1.82, 2.24) is 15.3 Å². The molecule has 2 heterocycles. The molecule has 2 atom stereocenters. The first kappa shape index (κ1) is 22.0. The highest BCUT2D eigenvalue weighted by atomic mass is 32.1. The molecular formula is C22H28N4O3S. The highest BCUT2D eigenvalue weighted by Crippen LogP contribution is 2.23. The number of carbonyl (C=O) groups is 2. The first-order valence-electron chi connectivity index (χ1n) is 10.1. The minimum Gasteiger partial charge on any atom is -0.464 e. The summed E-state index contributed by atoms with van der Waals surface area (Å²) in [5, 5.41) is 6.20. The monoisotopic (exact) mass is 428 g/mol. The molecular weight excluding hydrogens is 400 g/mol. The Kier molecular flexibility index (Phi) is 7.23. The Morgan fingerprint density at radius 1 is 1.30 bits per heavy atom. The van der Waals surface area contributed by atoms with E-state index in [9.17, 15) is 9.59 Å². The number of rotatable bonds is 9. The molecule has 3 aromatic rings. The maximum absolute atomic E-state index is 12.8. The van der Waals surface area contributed by atoms with Crippen LogP contribution in [0.15, 0.2) is 35.8 Å². The number of benzene rings is 1. The topological polar surface area (TPSA) is 110 Å². The second-order valence-electron chi connectivity index (χ2n) is 7.65. The molecule has 0 aliphatic heterocycles. The van der Waals surface area contributed by atoms with Crippen LogP contribution < -0.4 is 11.1 Å². The van der Waals surface area contributed by atoms with E-state index in [-0.39, 0.29) is 18.3 Å². The Bertz CT molecular complexity index is 1010. The number of esters is 1. The van der Waals surface area contributed by atoms with Gasteiger partial charge in [0.2, 0.25) is 0 Å². The standard InChI is InChI=1S/C22H28N4O3S/c1-4-29-22(28)18(10-14-11-24-17-8-6-5-7-15(14)17)25-20(27)19-12-30-21(26-19)16(23)9-13(2)3/h5-8,11-13,16,18,24H,4,9-10,23H2,1-3H3,(H,25,27). The molecule has 0 aliphatic carbocycles. The summed E-state index contributed by atoms with van der Waals surface area (Å²) < 4.78 is 5.19. The largest absolute Gasteiger partial charge is 0.464 e. The van der Waals surface area contributed by atoms with Crippen molar-refractivity contribution < 1.29 is 14.3 Å². The van der Waals surface area contributed by atoms with E-state index in [4.69, 9.17) is 10.5 Å². The van der Waals surface area contributed by atoms with Gasteiger partial charge in [0.1, 0.15) is 16.7 Å². The molecule has 160 valence electrons. The zero-order valence-electron chi connectivity index (χ0n) is 17.5. The van der Waals surface area contributed by atoms with Crippen molar-refractivity contribution in [2.45, 2.75) is 45.7 Å². The Morgan fingerprint density at radius 2 is 2.07 bits per heavy atom. The van der Waals surface area contributed by atoms with E-state index in [2.05, 4.69) is 29.1 Å². The molecule has 0 bridgehead atoms. The number of carbonyl (C=O) groups excluding carboxylic acids is 2. The van der Waals surface area contributed by atoms with Gasteiger partial charge in [-0.2, -0.15) is 0 Å². The molecule has 1 aromatic carbocycles. The normalized spacial score (nSPS) is 13.4. The number of nitrogens with one attached hydrogen (secondary N) is 2. The Balaban J connectivity index is 1.76. The predicted octanol–water partition coefficient (Wildman–Crippen LogP) is 3.57. The quantitative estimate of drug-likeness (QED) is 0.451. The molecule has 0 radical (unpaired) electrons. The predicted molar refractivity (Wildman–Crippen MR) is 118 cm³/mol. The van der Waals surface area contributed by atoms with E-state index in [1.165, 1.54) is 11.3 Å². The third-order valence-electron chi connectivity index (χ3n) is 4.77. The molecule has 30 heavy (non-hydrogen) atoms. The first-order valence-corrected chi connectivity index (χ1v) is 11.0. The lowest BCUT2D eigenvalue weighted by atomic mass is 10.0. The van der Waals surface area contributed by atoms with Gasteiger partial charge in [-0.25, -0.2) is 9.78 Å². The Hall–Kier alpha value is -2.71. The van der Waals surface area contributed by atoms with Crippen molar-refractivity contribution >= 4 is 34.1 Å². The molecule has 0 aliphatic rings. The van der Waals surface area contributed by atoms with Gasteiger partial charge in [0, 0.05) is 28.9 Å². The van der Waals surface area contributed by atoms with Crippen LogP contribution in [-0.4, -0.2) is 34.5 Å². The Morgan fingerprint density at radius 3 is 2.80 bits per heavy atom. The van der Waals surface area contributed by atoms with Crippen molar-refractivity contribution in [2.24, 2.45) is 11.7 Å². The molecule has 3 rings (SSSR count). The number of nitrogens with two attached hydrogens (primary N) is 1. The van der Waals surface area contributed by atoms with Crippen molar-refractivity contribution in [1.29, 1.82) is 0 Å². The SMILES string of the molecule is CCOC(=O)C(Cc1c[nH]c2ccccc12)NC(=O)c1csc(C(N)CC(C)C)n1. The van der Waals surface area contributed by atoms with Crippen molar-refractivity contribution in [3.05, 3.63) is 52.1 Å². The maximum atomic E-state index is 12.8. The third kappa shape index (κ3) is 5.25. The lowest BCUT2D eigenvalue weighted by molar-refractivity contribution is -0.145. The van der Waals surface area contributed by atoms with Crippen LogP contribution in [-0.2, 0) is 16.0 Å². The van der Waals surface area contributed by atoms with Gasteiger partial charge in [-0.1, -0.05) is 32.0 Å². The van der Waals surface area contributed by atoms with E-state index < -0.39 is 17.9 Å². The maximum Gasteiger partial charge on any atom is 0.328 e. The zero-order valence-corrected chi connectivity index (χ0v) is 18.3. The molecule has 0 saturated carbocycles. The number of fused-ring (bicyclic) bond motifs is 1. The molecule has 0 saturated heterocycles. The number of aromatic nitrogens is 2. The summed E-state index contributed by atoms with van der Waals surface area (Å²) in [5.74, 6) is -0.444. The first-order chi connectivity index (χ1) is 14.4. The number of ether oxygens (including phenoxy) is 1. The van der Waals surface area contributed by atoms with Crippen molar-refractivity contribution in [2.75, 3.05) is 6.61 Å². The molecule has 1 amide bonds. The van der Waals surface area contributed by atoms with Gasteiger partial charge < -0.3 is 20.8 Å². The number of hydrogen-bond donors (Lipinski definition) is 3. The van der Waals surface area contributed by atoms with Crippen LogP contribution in [0.25, 0.3) is 10.9 Å². The number of nitrogens with zero attached hydrogens (tertiary/aromatic N) is 1. The number of thiazole rings is 1. The minimum absolute atomic E-state index is 0.205. The number of H-pyrrole nitrogens is 1. The van der Waals surface area contributed by atoms with Gasteiger partial charge in [-0.15, -0.1) is 11.3 Å². The summed E-state index contributed by atoms with van der Waals surface area (Å²) in [4.78, 5) is 32.9. The van der Waals surface area contributed by atoms with Crippen LogP contribution in [0, 0.1) is 5.92 Å². The second kappa shape index (κ2) is 9.86. The second-order valence-corrected chi connectivity index (χ2v) is 8.54. The number of hydrogen-bond acceptors (Lipinski definition) is 6. The van der Waals surface area contributed by atoms with E-state index in [0.29, 0.717) is 12.3 Å². The van der Waals surface area contributed by atoms with Gasteiger partial charge in [0.15, 0.2) is 0 Å². The highest BCUT2D eigenvalue weighted by Gasteiger charge is 2.26. The van der Waals surface area contributed by atoms with E-state index >= 15 is 0 Å². The van der Waals surface area contributed by atoms with Gasteiger partial charge in [0.05, 0.1) is 12.6 Å². The number of amides is 1. The average Bonchev–Trinajstić information content (AvgIpc) is 3.35. The minimum atomic E-state index is -0.814. The summed E-state index contributed by atoms with van der Waals surface area (Å²) in [7, 11) is 0. The molecule has 2 unspecified atom stereocenters. The van der Waals surface area contributed by atoms with E-state index in [1.54, 1.807) is 12.3 Å². The lowest BCUT2D eigenvalue weighted by Gasteiger charge is -2.16. The average molecular weight is 429 g/mol. The molecule has 0 spiro atoms. The molecule has 7 nitrogen and oxygen atoms in total. The summed E-state index contributed by atoms with van der Waals surface area (Å²) in [6.07, 6.45) is 2.97. The van der Waals surface area contributed by atoms with Crippen LogP contribution in [0.4, 0.5) is 0 Å². The van der Waals surface area contributed by atoms with Crippen LogP contribution in [0.5, 0.6) is 0 Å². The van der Waals surface area contributed by atoms with Gasteiger partial charge >= 0.3 is 5.97 Å². The van der Waals surface area contributed by atoms with Gasteiger partial charge in [-0.05, 0) is 30.9 Å². The van der Waals surface area contributed by atoms with Crippen LogP contribution in [0.1, 0.15) is 54.3 Å². The van der Waals surface area contributed by atoms with E-state index in [1.807, 2.05) is 30.5 Å². The summed E-state index contributed by atoms with van der Waals surface area (Å²) >= 11 is 1.36. The molecule has 8 heteroatoms. The number of aromatic amines is 1. The molecule has 2 aromatic heterocycles.